The van der Waals surface area contributed by atoms with Gasteiger partial charge in [-0.3, -0.25) is 14.6 Å². The van der Waals surface area contributed by atoms with E-state index < -0.39 is 0 Å². The second-order valence-corrected chi connectivity index (χ2v) is 8.13. The number of nitrogens with zero attached hydrogens (tertiary/aromatic N) is 3. The number of hydrogen-bond acceptors (Lipinski definition) is 5. The SMILES string of the molecule is O=C(Nc1nc(-c2ccccn2)cs1)[C@@H]1CCCN(C(=O)c2ccc(Cl)cc2)C1. The Morgan fingerprint density at radius 3 is 2.72 bits per heavy atom. The number of carbonyl (C=O) groups is 2. The highest BCUT2D eigenvalue weighted by Gasteiger charge is 2.29. The second kappa shape index (κ2) is 8.71. The summed E-state index contributed by atoms with van der Waals surface area (Å²) < 4.78 is 0. The van der Waals surface area contributed by atoms with Crippen LogP contribution in [0.2, 0.25) is 5.02 Å². The van der Waals surface area contributed by atoms with Gasteiger partial charge in [-0.2, -0.15) is 0 Å². The van der Waals surface area contributed by atoms with Gasteiger partial charge in [0.15, 0.2) is 5.13 Å². The molecule has 1 saturated heterocycles. The average molecular weight is 427 g/mol. The van der Waals surface area contributed by atoms with Crippen molar-refractivity contribution in [3.05, 3.63) is 64.6 Å². The second-order valence-electron chi connectivity index (χ2n) is 6.84. The van der Waals surface area contributed by atoms with E-state index in [0.717, 1.165) is 24.2 Å². The molecule has 1 fully saturated rings. The van der Waals surface area contributed by atoms with E-state index >= 15 is 0 Å². The molecule has 0 bridgehead atoms. The number of halogens is 1. The highest BCUT2D eigenvalue weighted by atomic mass is 35.5. The Labute approximate surface area is 177 Å². The van der Waals surface area contributed by atoms with E-state index in [0.29, 0.717) is 28.8 Å². The summed E-state index contributed by atoms with van der Waals surface area (Å²) in [7, 11) is 0. The van der Waals surface area contributed by atoms with E-state index in [-0.39, 0.29) is 17.7 Å². The van der Waals surface area contributed by atoms with Crippen LogP contribution < -0.4 is 5.32 Å². The summed E-state index contributed by atoms with van der Waals surface area (Å²) in [6.07, 6.45) is 3.24. The van der Waals surface area contributed by atoms with Gasteiger partial charge < -0.3 is 10.2 Å². The quantitative estimate of drug-likeness (QED) is 0.673. The van der Waals surface area contributed by atoms with Crippen molar-refractivity contribution in [3.63, 3.8) is 0 Å². The Balaban J connectivity index is 1.39. The highest BCUT2D eigenvalue weighted by molar-refractivity contribution is 7.14. The Kier molecular flexibility index (Phi) is 5.87. The molecule has 3 heterocycles. The number of nitrogens with one attached hydrogen (secondary N) is 1. The van der Waals surface area contributed by atoms with Gasteiger partial charge in [0.2, 0.25) is 5.91 Å². The molecule has 1 aliphatic heterocycles. The van der Waals surface area contributed by atoms with Gasteiger partial charge in [0.05, 0.1) is 11.6 Å². The van der Waals surface area contributed by atoms with Crippen LogP contribution in [-0.2, 0) is 4.79 Å². The van der Waals surface area contributed by atoms with Crippen LogP contribution in [0.25, 0.3) is 11.4 Å². The molecule has 0 spiro atoms. The largest absolute Gasteiger partial charge is 0.338 e. The summed E-state index contributed by atoms with van der Waals surface area (Å²) in [4.78, 5) is 35.9. The fourth-order valence-electron chi connectivity index (χ4n) is 3.32. The zero-order valence-electron chi connectivity index (χ0n) is 15.5. The molecule has 0 saturated carbocycles. The minimum absolute atomic E-state index is 0.0779. The molecule has 1 aromatic carbocycles. The number of piperidine rings is 1. The first-order valence-corrected chi connectivity index (χ1v) is 10.6. The van der Waals surface area contributed by atoms with Gasteiger partial charge in [0.25, 0.3) is 5.91 Å². The molecule has 1 N–H and O–H groups in total. The van der Waals surface area contributed by atoms with Crippen LogP contribution in [0, 0.1) is 5.92 Å². The summed E-state index contributed by atoms with van der Waals surface area (Å²) >= 11 is 7.26. The molecule has 2 amide bonds. The van der Waals surface area contributed by atoms with Gasteiger partial charge in [-0.1, -0.05) is 17.7 Å². The van der Waals surface area contributed by atoms with Crippen molar-refractivity contribution in [2.75, 3.05) is 18.4 Å². The molecule has 0 unspecified atom stereocenters. The van der Waals surface area contributed by atoms with Crippen molar-refractivity contribution in [2.24, 2.45) is 5.92 Å². The minimum Gasteiger partial charge on any atom is -0.338 e. The molecule has 29 heavy (non-hydrogen) atoms. The number of pyridine rings is 1. The number of carbonyl (C=O) groups excluding carboxylic acids is 2. The maximum atomic E-state index is 12.7. The topological polar surface area (TPSA) is 75.2 Å². The number of benzene rings is 1. The lowest BCUT2D eigenvalue weighted by atomic mass is 9.96. The monoisotopic (exact) mass is 426 g/mol. The van der Waals surface area contributed by atoms with E-state index in [1.54, 1.807) is 35.4 Å². The molecule has 4 rings (SSSR count). The van der Waals surface area contributed by atoms with E-state index in [2.05, 4.69) is 15.3 Å². The third kappa shape index (κ3) is 4.63. The molecule has 148 valence electrons. The fourth-order valence-corrected chi connectivity index (χ4v) is 4.15. The molecule has 8 heteroatoms. The lowest BCUT2D eigenvalue weighted by molar-refractivity contribution is -0.121. The van der Waals surface area contributed by atoms with Crippen molar-refractivity contribution in [1.29, 1.82) is 0 Å². The van der Waals surface area contributed by atoms with Crippen LogP contribution in [0.15, 0.2) is 54.0 Å². The smallest absolute Gasteiger partial charge is 0.253 e. The van der Waals surface area contributed by atoms with Gasteiger partial charge in [-0.25, -0.2) is 4.98 Å². The third-order valence-electron chi connectivity index (χ3n) is 4.83. The Bertz CT molecular complexity index is 1010. The summed E-state index contributed by atoms with van der Waals surface area (Å²) in [5.41, 5.74) is 2.08. The molecule has 1 atom stereocenters. The predicted molar refractivity (Wildman–Crippen MR) is 114 cm³/mol. The van der Waals surface area contributed by atoms with Crippen LogP contribution >= 0.6 is 22.9 Å². The molecule has 1 aliphatic rings. The lowest BCUT2D eigenvalue weighted by Gasteiger charge is -2.32. The summed E-state index contributed by atoms with van der Waals surface area (Å²) in [5.74, 6) is -0.450. The number of amides is 2. The van der Waals surface area contributed by atoms with E-state index in [9.17, 15) is 9.59 Å². The van der Waals surface area contributed by atoms with Crippen LogP contribution in [0.1, 0.15) is 23.2 Å². The molecule has 0 aliphatic carbocycles. The summed E-state index contributed by atoms with van der Waals surface area (Å²) in [6.45, 7) is 1.04. The van der Waals surface area contributed by atoms with E-state index in [1.807, 2.05) is 23.6 Å². The third-order valence-corrected chi connectivity index (χ3v) is 5.84. The Morgan fingerprint density at radius 2 is 1.97 bits per heavy atom. The molecular formula is C21H19ClN4O2S. The summed E-state index contributed by atoms with van der Waals surface area (Å²) in [6, 6.07) is 12.4. The maximum absolute atomic E-state index is 12.7. The molecule has 2 aromatic heterocycles. The van der Waals surface area contributed by atoms with Gasteiger partial charge in [0.1, 0.15) is 5.69 Å². The maximum Gasteiger partial charge on any atom is 0.253 e. The van der Waals surface area contributed by atoms with Gasteiger partial charge in [0, 0.05) is 35.3 Å². The van der Waals surface area contributed by atoms with Crippen LogP contribution in [0.5, 0.6) is 0 Å². The van der Waals surface area contributed by atoms with Crippen molar-refractivity contribution in [3.8, 4) is 11.4 Å². The van der Waals surface area contributed by atoms with Crippen LogP contribution in [0.3, 0.4) is 0 Å². The predicted octanol–water partition coefficient (Wildman–Crippen LogP) is 4.35. The standard InChI is InChI=1S/C21H19ClN4O2S/c22-16-8-6-14(7-9-16)20(28)26-11-3-4-15(12-26)19(27)25-21-24-18(13-29-21)17-5-1-2-10-23-17/h1-2,5-10,13,15H,3-4,11-12H2,(H,24,25,27)/t15-/m1/s1. The number of aromatic nitrogens is 2. The van der Waals surface area contributed by atoms with Crippen molar-refractivity contribution in [2.45, 2.75) is 12.8 Å². The average Bonchev–Trinajstić information content (AvgIpc) is 3.23. The van der Waals surface area contributed by atoms with E-state index in [1.165, 1.54) is 11.3 Å². The number of likely N-dealkylation sites (tertiary alicyclic amines) is 1. The molecule has 0 radical (unpaired) electrons. The van der Waals surface area contributed by atoms with E-state index in [4.69, 9.17) is 11.6 Å². The van der Waals surface area contributed by atoms with Crippen LogP contribution in [-0.4, -0.2) is 39.8 Å². The van der Waals surface area contributed by atoms with Gasteiger partial charge >= 0.3 is 0 Å². The Hall–Kier alpha value is -2.77. The molecule has 3 aromatic rings. The van der Waals surface area contributed by atoms with Crippen molar-refractivity contribution in [1.82, 2.24) is 14.9 Å². The number of thiazole rings is 1. The highest BCUT2D eigenvalue weighted by Crippen LogP contribution is 2.25. The molecule has 6 nitrogen and oxygen atoms in total. The number of anilines is 1. The van der Waals surface area contributed by atoms with Crippen molar-refractivity contribution >= 4 is 39.9 Å². The number of rotatable bonds is 4. The Morgan fingerprint density at radius 1 is 1.14 bits per heavy atom. The first-order valence-electron chi connectivity index (χ1n) is 9.33. The minimum atomic E-state index is -0.262. The van der Waals surface area contributed by atoms with Crippen molar-refractivity contribution < 1.29 is 9.59 Å². The zero-order valence-corrected chi connectivity index (χ0v) is 17.1. The fraction of sp³-hybridized carbons (Fsp3) is 0.238. The first-order chi connectivity index (χ1) is 14.1. The molecular weight excluding hydrogens is 408 g/mol. The normalized spacial score (nSPS) is 16.4. The first kappa shape index (κ1) is 19.5. The van der Waals surface area contributed by atoms with Gasteiger partial charge in [-0.05, 0) is 49.2 Å². The lowest BCUT2D eigenvalue weighted by Crippen LogP contribution is -2.43. The number of hydrogen-bond donors (Lipinski definition) is 1. The summed E-state index contributed by atoms with van der Waals surface area (Å²) in [5, 5.41) is 5.89. The zero-order chi connectivity index (χ0) is 20.2. The van der Waals surface area contributed by atoms with Gasteiger partial charge in [-0.15, -0.1) is 11.3 Å². The van der Waals surface area contributed by atoms with Crippen LogP contribution in [0.4, 0.5) is 5.13 Å².